The molecule has 0 aliphatic rings. The van der Waals surface area contributed by atoms with Gasteiger partial charge >= 0.3 is 20.4 Å². The summed E-state index contributed by atoms with van der Waals surface area (Å²) < 4.78 is 64.5. The number of carbonyl (C=O) groups is 1. The van der Waals surface area contributed by atoms with Crippen molar-refractivity contribution >= 4 is 25.9 Å². The van der Waals surface area contributed by atoms with Crippen molar-refractivity contribution in [3.63, 3.8) is 0 Å². The predicted molar refractivity (Wildman–Crippen MR) is 46.9 cm³/mol. The summed E-state index contributed by atoms with van der Waals surface area (Å²) in [6.45, 7) is 0. The van der Waals surface area contributed by atoms with Gasteiger partial charge in [-0.3, -0.25) is 9.35 Å². The Kier molecular flexibility index (Phi) is 3.82. The number of sulfone groups is 1. The van der Waals surface area contributed by atoms with E-state index in [1.54, 1.807) is 0 Å². The molecule has 0 aliphatic heterocycles. The van der Waals surface area contributed by atoms with Gasteiger partial charge in [0.2, 0.25) is 0 Å². The van der Waals surface area contributed by atoms with Crippen LogP contribution in [0.4, 0.5) is 4.39 Å². The molecule has 1 atom stereocenters. The first-order chi connectivity index (χ1) is 6.45. The van der Waals surface area contributed by atoms with E-state index in [0.717, 1.165) is 7.11 Å². The molecule has 0 saturated carbocycles. The number of alkyl halides is 1. The summed E-state index contributed by atoms with van der Waals surface area (Å²) in [7, 11) is -9.60. The van der Waals surface area contributed by atoms with Crippen LogP contribution in [-0.4, -0.2) is 45.1 Å². The minimum Gasteiger partial charge on any atom is -0.469 e. The molecule has 1 N–H and O–H groups in total. The molecule has 1 unspecified atom stereocenters. The summed E-state index contributed by atoms with van der Waals surface area (Å²) in [6.07, 6.45) is -1.38. The number of halogens is 1. The number of hydrogen-bond acceptors (Lipinski definition) is 6. The lowest BCUT2D eigenvalue weighted by molar-refractivity contribution is -0.141. The topological polar surface area (TPSA) is 115 Å². The zero-order chi connectivity index (χ0) is 12.5. The Morgan fingerprint density at radius 2 is 1.80 bits per heavy atom. The average molecular weight is 264 g/mol. The molecule has 0 aromatic carbocycles. The van der Waals surface area contributed by atoms with Gasteiger partial charge in [-0.05, 0) is 0 Å². The van der Waals surface area contributed by atoms with Crippen LogP contribution in [0.15, 0.2) is 0 Å². The summed E-state index contributed by atoms with van der Waals surface area (Å²) in [4.78, 5) is 10.6. The highest BCUT2D eigenvalue weighted by Gasteiger charge is 2.55. The quantitative estimate of drug-likeness (QED) is 0.517. The van der Waals surface area contributed by atoms with Gasteiger partial charge in [0.25, 0.3) is 0 Å². The molecule has 0 radical (unpaired) electrons. The minimum absolute atomic E-state index is 0.240. The molecule has 0 amide bonds. The highest BCUT2D eigenvalue weighted by atomic mass is 32.3. The number of esters is 1. The Balaban J connectivity index is 5.57. The van der Waals surface area contributed by atoms with Crippen LogP contribution in [0.1, 0.15) is 6.42 Å². The van der Waals surface area contributed by atoms with Gasteiger partial charge < -0.3 is 4.74 Å². The van der Waals surface area contributed by atoms with Crippen LogP contribution >= 0.6 is 0 Å². The summed E-state index contributed by atoms with van der Waals surface area (Å²) in [5, 5.41) is 0. The minimum atomic E-state index is -5.58. The lowest BCUT2D eigenvalue weighted by Gasteiger charge is -2.18. The van der Waals surface area contributed by atoms with Gasteiger partial charge in [-0.25, -0.2) is 12.8 Å². The van der Waals surface area contributed by atoms with Gasteiger partial charge in [0.1, 0.15) is 6.42 Å². The van der Waals surface area contributed by atoms with Gasteiger partial charge in [0.15, 0.2) is 9.84 Å². The van der Waals surface area contributed by atoms with E-state index in [1.807, 2.05) is 0 Å². The fraction of sp³-hybridized carbons (Fsp3) is 0.800. The van der Waals surface area contributed by atoms with Crippen molar-refractivity contribution in [2.75, 3.05) is 13.4 Å². The average Bonchev–Trinajstić information content (AvgIpc) is 1.99. The van der Waals surface area contributed by atoms with E-state index >= 15 is 0 Å². The molecule has 90 valence electrons. The predicted octanol–water partition coefficient (Wildman–Crippen LogP) is -0.895. The standard InChI is InChI=1S/C5H9FO7S2/c1-13-4(7)3-5(6,14(2,8)9)15(10,11)12/h3H2,1-2H3,(H,10,11,12). The second kappa shape index (κ2) is 4.02. The summed E-state index contributed by atoms with van der Waals surface area (Å²) in [5.74, 6) is -1.42. The van der Waals surface area contributed by atoms with E-state index in [-0.39, 0.29) is 6.26 Å². The molecule has 7 nitrogen and oxygen atoms in total. The molecule has 15 heavy (non-hydrogen) atoms. The zero-order valence-electron chi connectivity index (χ0n) is 7.80. The molecular formula is C5H9FO7S2. The van der Waals surface area contributed by atoms with Crippen LogP contribution in [0, 0.1) is 0 Å². The van der Waals surface area contributed by atoms with Gasteiger partial charge in [0.05, 0.1) is 7.11 Å². The summed E-state index contributed by atoms with van der Waals surface area (Å²) in [6, 6.07) is 0. The summed E-state index contributed by atoms with van der Waals surface area (Å²) >= 11 is 0. The first-order valence-electron chi connectivity index (χ1n) is 3.38. The van der Waals surface area contributed by atoms with Gasteiger partial charge in [-0.15, -0.1) is 0 Å². The first kappa shape index (κ1) is 14.3. The van der Waals surface area contributed by atoms with E-state index in [9.17, 15) is 26.0 Å². The van der Waals surface area contributed by atoms with Crippen molar-refractivity contribution in [1.29, 1.82) is 0 Å². The van der Waals surface area contributed by atoms with E-state index in [0.29, 0.717) is 0 Å². The Morgan fingerprint density at radius 3 is 2.00 bits per heavy atom. The maximum atomic E-state index is 13.5. The Labute approximate surface area is 85.9 Å². The number of carbonyl (C=O) groups excluding carboxylic acids is 1. The van der Waals surface area contributed by atoms with Gasteiger partial charge in [0, 0.05) is 6.26 Å². The molecule has 0 bridgehead atoms. The van der Waals surface area contributed by atoms with E-state index in [4.69, 9.17) is 4.55 Å². The Bertz CT molecular complexity index is 416. The third kappa shape index (κ3) is 2.86. The molecule has 0 aromatic heterocycles. The van der Waals surface area contributed by atoms with E-state index in [2.05, 4.69) is 4.74 Å². The molecule has 0 aromatic rings. The van der Waals surface area contributed by atoms with Gasteiger partial charge in [-0.1, -0.05) is 0 Å². The number of hydrogen-bond donors (Lipinski definition) is 1. The highest BCUT2D eigenvalue weighted by Crippen LogP contribution is 2.29. The Hall–Kier alpha value is -0.740. The van der Waals surface area contributed by atoms with Crippen LogP contribution in [0.3, 0.4) is 0 Å². The third-order valence-corrected chi connectivity index (χ3v) is 5.23. The molecule has 10 heteroatoms. The van der Waals surface area contributed by atoms with Crippen molar-refractivity contribution in [2.24, 2.45) is 0 Å². The van der Waals surface area contributed by atoms with Crippen LogP contribution in [0.5, 0.6) is 0 Å². The third-order valence-electron chi connectivity index (χ3n) is 1.52. The smallest absolute Gasteiger partial charge is 0.343 e. The van der Waals surface area contributed by atoms with E-state index in [1.165, 1.54) is 0 Å². The molecule has 0 heterocycles. The molecule has 0 aliphatic carbocycles. The molecule has 0 saturated heterocycles. The molecule has 0 fully saturated rings. The van der Waals surface area contributed by atoms with Crippen molar-refractivity contribution < 1.29 is 35.3 Å². The number of rotatable bonds is 4. The largest absolute Gasteiger partial charge is 0.469 e. The maximum Gasteiger partial charge on any atom is 0.343 e. The highest BCUT2D eigenvalue weighted by molar-refractivity contribution is 8.07. The fourth-order valence-electron chi connectivity index (χ4n) is 0.658. The van der Waals surface area contributed by atoms with Crippen LogP contribution in [-0.2, 0) is 29.5 Å². The SMILES string of the molecule is COC(=O)CC(F)(S(C)(=O)=O)S(=O)(=O)O. The first-order valence-corrected chi connectivity index (χ1v) is 6.71. The number of ether oxygens (including phenoxy) is 1. The van der Waals surface area contributed by atoms with Crippen molar-refractivity contribution in [3.05, 3.63) is 0 Å². The second-order valence-electron chi connectivity index (χ2n) is 2.66. The molecule has 0 spiro atoms. The molecule has 0 rings (SSSR count). The Morgan fingerprint density at radius 1 is 1.40 bits per heavy atom. The monoisotopic (exact) mass is 264 g/mol. The van der Waals surface area contributed by atoms with E-state index < -0.39 is 36.7 Å². The maximum absolute atomic E-state index is 13.5. The van der Waals surface area contributed by atoms with Crippen LogP contribution in [0.25, 0.3) is 0 Å². The number of methoxy groups -OCH3 is 1. The lowest BCUT2D eigenvalue weighted by Crippen LogP contribution is -2.43. The van der Waals surface area contributed by atoms with Crippen LogP contribution in [0.2, 0.25) is 0 Å². The second-order valence-corrected chi connectivity index (χ2v) is 6.71. The van der Waals surface area contributed by atoms with Gasteiger partial charge in [-0.2, -0.15) is 8.42 Å². The van der Waals surface area contributed by atoms with Crippen molar-refractivity contribution in [2.45, 2.75) is 10.8 Å². The summed E-state index contributed by atoms with van der Waals surface area (Å²) in [5.41, 5.74) is 0. The van der Waals surface area contributed by atoms with Crippen LogP contribution < -0.4 is 0 Å². The normalized spacial score (nSPS) is 16.8. The molecular weight excluding hydrogens is 255 g/mol. The lowest BCUT2D eigenvalue weighted by atomic mass is 10.5. The van der Waals surface area contributed by atoms with Crippen molar-refractivity contribution in [3.8, 4) is 0 Å². The fourth-order valence-corrected chi connectivity index (χ4v) is 2.87. The zero-order valence-corrected chi connectivity index (χ0v) is 9.43. The van der Waals surface area contributed by atoms with Crippen molar-refractivity contribution in [1.82, 2.24) is 0 Å².